The van der Waals surface area contributed by atoms with E-state index in [1.54, 1.807) is 24.3 Å². The molecule has 5 nitrogen and oxygen atoms in total. The van der Waals surface area contributed by atoms with Crippen molar-refractivity contribution < 1.29 is 9.18 Å². The van der Waals surface area contributed by atoms with Crippen molar-refractivity contribution in [2.24, 2.45) is 0 Å². The molecule has 2 aromatic carbocycles. The third-order valence-electron chi connectivity index (χ3n) is 4.91. The highest BCUT2D eigenvalue weighted by Gasteiger charge is 2.17. The molecule has 1 heterocycles. The Bertz CT molecular complexity index is 1040. The summed E-state index contributed by atoms with van der Waals surface area (Å²) < 4.78 is 17.5. The van der Waals surface area contributed by atoms with Crippen LogP contribution in [0, 0.1) is 5.82 Å². The van der Waals surface area contributed by atoms with Crippen LogP contribution in [0.1, 0.15) is 37.2 Å². The number of nitrogens with one attached hydrogen (secondary N) is 1. The molecule has 9 heteroatoms. The summed E-state index contributed by atoms with van der Waals surface area (Å²) in [5.41, 5.74) is 1.90. The number of carbonyl (C=O) groups is 1. The first-order valence-electron chi connectivity index (χ1n) is 10.4. The van der Waals surface area contributed by atoms with E-state index < -0.39 is 0 Å². The van der Waals surface area contributed by atoms with Gasteiger partial charge in [0.25, 0.3) is 0 Å². The molecule has 0 spiro atoms. The van der Waals surface area contributed by atoms with Gasteiger partial charge in [0.15, 0.2) is 0 Å². The monoisotopic (exact) mass is 494 g/mol. The van der Waals surface area contributed by atoms with Crippen molar-refractivity contribution in [2.75, 3.05) is 18.0 Å². The maximum absolute atomic E-state index is 13.1. The van der Waals surface area contributed by atoms with Crippen LogP contribution in [0.15, 0.2) is 42.5 Å². The first kappa shape index (κ1) is 24.4. The Morgan fingerprint density at radius 1 is 1.19 bits per heavy atom. The van der Waals surface area contributed by atoms with Gasteiger partial charge < -0.3 is 10.2 Å². The summed E-state index contributed by atoms with van der Waals surface area (Å²) in [5.74, 6) is 0.393. The van der Waals surface area contributed by atoms with Crippen molar-refractivity contribution in [2.45, 2.75) is 39.2 Å². The highest BCUT2D eigenvalue weighted by molar-refractivity contribution is 7.09. The number of anilines is 1. The summed E-state index contributed by atoms with van der Waals surface area (Å²) in [5, 5.41) is 4.91. The smallest absolute Gasteiger partial charge is 0.221 e. The lowest BCUT2D eigenvalue weighted by molar-refractivity contribution is -0.120. The van der Waals surface area contributed by atoms with Crippen molar-refractivity contribution in [3.63, 3.8) is 0 Å². The number of halogens is 3. The Balaban J connectivity index is 1.50. The highest BCUT2D eigenvalue weighted by atomic mass is 35.5. The summed E-state index contributed by atoms with van der Waals surface area (Å²) in [4.78, 5) is 19.0. The third kappa shape index (κ3) is 7.15. The third-order valence-corrected chi connectivity index (χ3v) is 6.29. The Labute approximate surface area is 201 Å². The molecule has 1 aromatic heterocycles. The molecule has 1 N–H and O–H groups in total. The van der Waals surface area contributed by atoms with Crippen molar-refractivity contribution in [3.05, 3.63) is 75.3 Å². The normalized spacial score (nSPS) is 11.1. The highest BCUT2D eigenvalue weighted by Crippen LogP contribution is 2.22. The van der Waals surface area contributed by atoms with E-state index >= 15 is 0 Å². The van der Waals surface area contributed by atoms with Gasteiger partial charge in [-0.05, 0) is 55.7 Å². The van der Waals surface area contributed by atoms with Crippen LogP contribution in [0.4, 0.5) is 9.52 Å². The van der Waals surface area contributed by atoms with Gasteiger partial charge in [-0.2, -0.15) is 4.37 Å². The molecule has 0 radical (unpaired) electrons. The number of hydrogen-bond donors (Lipinski definition) is 1. The molecule has 0 fully saturated rings. The molecule has 0 aliphatic carbocycles. The number of hydrogen-bond acceptors (Lipinski definition) is 5. The fraction of sp³-hybridized carbons (Fsp3) is 0.348. The Hall–Kier alpha value is -2.22. The van der Waals surface area contributed by atoms with Crippen molar-refractivity contribution in [1.82, 2.24) is 14.7 Å². The van der Waals surface area contributed by atoms with Gasteiger partial charge >= 0.3 is 0 Å². The second-order valence-electron chi connectivity index (χ2n) is 7.67. The molecule has 0 aliphatic rings. The number of carbonyl (C=O) groups excluding carboxylic acids is 1. The minimum Gasteiger partial charge on any atom is -0.356 e. The van der Waals surface area contributed by atoms with Gasteiger partial charge in [-0.15, -0.1) is 0 Å². The minimum absolute atomic E-state index is 0.0308. The molecule has 170 valence electrons. The summed E-state index contributed by atoms with van der Waals surface area (Å²) >= 11 is 13.4. The van der Waals surface area contributed by atoms with E-state index in [2.05, 4.69) is 33.4 Å². The standard InChI is InChI=1S/C23H25Cl2FN4OS/c1-15(2)30(23-28-21(29-32-23)13-16-3-7-19(26)8-4-16)12-10-22(31)27-11-9-17-5-6-18(24)14-20(17)25/h3-8,14-15H,9-13H2,1-2H3,(H,27,31). The van der Waals surface area contributed by atoms with Crippen LogP contribution in [0.25, 0.3) is 0 Å². The number of aromatic nitrogens is 2. The maximum atomic E-state index is 13.1. The topological polar surface area (TPSA) is 58.1 Å². The van der Waals surface area contributed by atoms with Crippen LogP contribution < -0.4 is 10.2 Å². The zero-order valence-electron chi connectivity index (χ0n) is 17.9. The number of rotatable bonds is 10. The summed E-state index contributed by atoms with van der Waals surface area (Å²) in [7, 11) is 0. The van der Waals surface area contributed by atoms with Crippen molar-refractivity contribution in [1.29, 1.82) is 0 Å². The summed E-state index contributed by atoms with van der Waals surface area (Å²) in [6, 6.07) is 11.9. The fourth-order valence-electron chi connectivity index (χ4n) is 3.16. The van der Waals surface area contributed by atoms with E-state index in [4.69, 9.17) is 23.2 Å². The van der Waals surface area contributed by atoms with E-state index in [9.17, 15) is 9.18 Å². The molecule has 32 heavy (non-hydrogen) atoms. The van der Waals surface area contributed by atoms with Gasteiger partial charge in [0.2, 0.25) is 11.0 Å². The van der Waals surface area contributed by atoms with Gasteiger partial charge in [0, 0.05) is 53.6 Å². The average Bonchev–Trinajstić information content (AvgIpc) is 3.19. The lowest BCUT2D eigenvalue weighted by atomic mass is 10.1. The molecule has 1 amide bonds. The zero-order chi connectivity index (χ0) is 23.1. The van der Waals surface area contributed by atoms with Gasteiger partial charge in [0.1, 0.15) is 11.6 Å². The quantitative estimate of drug-likeness (QED) is 0.402. The summed E-state index contributed by atoms with van der Waals surface area (Å²) in [6.45, 7) is 5.15. The number of benzene rings is 2. The van der Waals surface area contributed by atoms with Gasteiger partial charge in [0.05, 0.1) is 0 Å². The zero-order valence-corrected chi connectivity index (χ0v) is 20.3. The molecule has 3 rings (SSSR count). The predicted octanol–water partition coefficient (Wildman–Crippen LogP) is 5.54. The van der Waals surface area contributed by atoms with E-state index in [1.807, 2.05) is 6.07 Å². The number of nitrogens with zero attached hydrogens (tertiary/aromatic N) is 3. The predicted molar refractivity (Wildman–Crippen MR) is 129 cm³/mol. The largest absolute Gasteiger partial charge is 0.356 e. The van der Waals surface area contributed by atoms with Gasteiger partial charge in [-0.25, -0.2) is 9.37 Å². The second kappa shape index (κ2) is 11.6. The molecular weight excluding hydrogens is 470 g/mol. The Morgan fingerprint density at radius 3 is 2.62 bits per heavy atom. The lowest BCUT2D eigenvalue weighted by Gasteiger charge is -2.25. The SMILES string of the molecule is CC(C)N(CCC(=O)NCCc1ccc(Cl)cc1Cl)c1nc(Cc2ccc(F)cc2)ns1. The van der Waals surface area contributed by atoms with Crippen LogP contribution in [-0.2, 0) is 17.6 Å². The fourth-order valence-corrected chi connectivity index (χ4v) is 4.51. The Morgan fingerprint density at radius 2 is 1.94 bits per heavy atom. The molecule has 0 saturated carbocycles. The van der Waals surface area contributed by atoms with Crippen LogP contribution in [0.2, 0.25) is 10.0 Å². The molecule has 0 saturated heterocycles. The van der Waals surface area contributed by atoms with Crippen molar-refractivity contribution >= 4 is 45.8 Å². The molecule has 0 bridgehead atoms. The van der Waals surface area contributed by atoms with Crippen LogP contribution >= 0.6 is 34.7 Å². The summed E-state index contributed by atoms with van der Waals surface area (Å²) in [6.07, 6.45) is 1.52. The van der Waals surface area contributed by atoms with Gasteiger partial charge in [-0.1, -0.05) is 41.4 Å². The van der Waals surface area contributed by atoms with E-state index in [0.717, 1.165) is 16.3 Å². The molecule has 3 aromatic rings. The van der Waals surface area contributed by atoms with Crippen LogP contribution in [0.5, 0.6) is 0 Å². The average molecular weight is 495 g/mol. The van der Waals surface area contributed by atoms with Crippen LogP contribution in [0.3, 0.4) is 0 Å². The maximum Gasteiger partial charge on any atom is 0.221 e. The molecule has 0 unspecified atom stereocenters. The van der Waals surface area contributed by atoms with E-state index in [-0.39, 0.29) is 17.8 Å². The van der Waals surface area contributed by atoms with Crippen LogP contribution in [-0.4, -0.2) is 34.4 Å². The second-order valence-corrected chi connectivity index (χ2v) is 9.24. The Kier molecular flexibility index (Phi) is 8.84. The van der Waals surface area contributed by atoms with Crippen molar-refractivity contribution in [3.8, 4) is 0 Å². The minimum atomic E-state index is -0.263. The lowest BCUT2D eigenvalue weighted by Crippen LogP contribution is -2.35. The first-order valence-corrected chi connectivity index (χ1v) is 11.9. The molecule has 0 atom stereocenters. The molecular formula is C23H25Cl2FN4OS. The molecule has 0 aliphatic heterocycles. The number of amides is 1. The first-order chi connectivity index (χ1) is 15.3. The van der Waals surface area contributed by atoms with E-state index in [0.29, 0.717) is 48.2 Å². The van der Waals surface area contributed by atoms with Gasteiger partial charge in [-0.3, -0.25) is 4.79 Å². The van der Waals surface area contributed by atoms with E-state index in [1.165, 1.54) is 23.7 Å².